The highest BCUT2D eigenvalue weighted by molar-refractivity contribution is 6.45. The molecule has 14 nitrogen and oxygen atoms in total. The number of ether oxygens (including phenoxy) is 6. The molecule has 2 atom stereocenters. The minimum Gasteiger partial charge on any atom is -0.467 e. The van der Waals surface area contributed by atoms with Gasteiger partial charge in [0.05, 0.1) is 36.5 Å². The van der Waals surface area contributed by atoms with Crippen molar-refractivity contribution in [1.82, 2.24) is 9.80 Å². The Balaban J connectivity index is 1.22. The Morgan fingerprint density at radius 2 is 0.581 bits per heavy atom. The third-order valence-corrected chi connectivity index (χ3v) is 16.1. The Labute approximate surface area is 493 Å². The number of aryl methyl sites for hydroxylation is 4. The minimum atomic E-state index is -1.43. The predicted octanol–water partition coefficient (Wildman–Crippen LogP) is 14.9. The molecule has 0 radical (unpaired) electrons. The number of nitrogens with zero attached hydrogens (tertiary/aromatic N) is 2. The number of carbonyl (C=O) groups excluding carboxylic acids is 6. The number of benzene rings is 11. The van der Waals surface area contributed by atoms with Gasteiger partial charge in [-0.1, -0.05) is 131 Å². The summed E-state index contributed by atoms with van der Waals surface area (Å²) in [6.45, 7) is 7.76. The zero-order valence-corrected chi connectivity index (χ0v) is 47.7. The summed E-state index contributed by atoms with van der Waals surface area (Å²) in [5, 5.41) is 2.19. The van der Waals surface area contributed by atoms with Crippen LogP contribution in [0, 0.1) is 27.7 Å². The first-order chi connectivity index (χ1) is 41.7. The van der Waals surface area contributed by atoms with Crippen LogP contribution >= 0.6 is 0 Å². The van der Waals surface area contributed by atoms with E-state index in [2.05, 4.69) is 0 Å². The summed E-state index contributed by atoms with van der Waals surface area (Å²) in [6.07, 6.45) is -0.139. The van der Waals surface area contributed by atoms with Crippen molar-refractivity contribution in [3.8, 4) is 46.0 Å². The summed E-state index contributed by atoms with van der Waals surface area (Å²) in [4.78, 5) is 93.7. The molecule has 11 aromatic rings. The molecule has 11 aromatic carbocycles. The molecule has 0 aliphatic carbocycles. The van der Waals surface area contributed by atoms with Gasteiger partial charge in [-0.15, -0.1) is 0 Å². The number of methoxy groups -OCH3 is 2. The second kappa shape index (κ2) is 21.7. The van der Waals surface area contributed by atoms with Crippen LogP contribution in [0.2, 0.25) is 0 Å². The Morgan fingerprint density at radius 3 is 0.814 bits per heavy atom. The highest BCUT2D eigenvalue weighted by Gasteiger charge is 2.47. The van der Waals surface area contributed by atoms with Crippen LogP contribution in [0.25, 0.3) is 43.1 Å². The number of esters is 2. The quantitative estimate of drug-likeness (QED) is 0.0390. The van der Waals surface area contributed by atoms with Crippen LogP contribution in [0.1, 0.15) is 74.8 Å². The number of imide groups is 2. The lowest BCUT2D eigenvalue weighted by atomic mass is 9.80. The van der Waals surface area contributed by atoms with Crippen molar-refractivity contribution in [2.24, 2.45) is 0 Å². The van der Waals surface area contributed by atoms with E-state index in [-0.39, 0.29) is 68.9 Å². The summed E-state index contributed by atoms with van der Waals surface area (Å²) < 4.78 is 39.1. The zero-order chi connectivity index (χ0) is 59.7. The van der Waals surface area contributed by atoms with Gasteiger partial charge in [-0.2, -0.15) is 0 Å². The second-order valence-corrected chi connectivity index (χ2v) is 21.8. The third kappa shape index (κ3) is 9.41. The topological polar surface area (TPSA) is 164 Å². The molecule has 0 N–H and O–H groups in total. The Bertz CT molecular complexity index is 4070. The zero-order valence-electron chi connectivity index (χ0n) is 47.7. The number of amides is 4. The molecular formula is C72H54N2O12. The maximum Gasteiger partial charge on any atom is 0.329 e. The molecule has 0 aromatic heterocycles. The molecule has 14 heteroatoms. The largest absolute Gasteiger partial charge is 0.467 e. The van der Waals surface area contributed by atoms with Crippen LogP contribution in [0.3, 0.4) is 0 Å². The van der Waals surface area contributed by atoms with Crippen molar-refractivity contribution in [3.63, 3.8) is 0 Å². The van der Waals surface area contributed by atoms with Crippen LogP contribution in [0.4, 0.5) is 0 Å². The predicted molar refractivity (Wildman–Crippen MR) is 326 cm³/mol. The van der Waals surface area contributed by atoms with Crippen LogP contribution in [0.15, 0.2) is 182 Å². The molecule has 2 heterocycles. The van der Waals surface area contributed by atoms with E-state index in [0.29, 0.717) is 66.4 Å². The van der Waals surface area contributed by atoms with Gasteiger partial charge in [0.25, 0.3) is 23.6 Å². The average molecular weight is 1140 g/mol. The van der Waals surface area contributed by atoms with Gasteiger partial charge in [0.2, 0.25) is 0 Å². The lowest BCUT2D eigenvalue weighted by molar-refractivity contribution is -0.146. The second-order valence-electron chi connectivity index (χ2n) is 21.8. The summed E-state index contributed by atoms with van der Waals surface area (Å²) in [5.74, 6) is -2.99. The van der Waals surface area contributed by atoms with Crippen LogP contribution < -0.4 is 18.9 Å². The van der Waals surface area contributed by atoms with E-state index in [0.717, 1.165) is 32.1 Å². The fourth-order valence-electron chi connectivity index (χ4n) is 11.9. The van der Waals surface area contributed by atoms with Crippen LogP contribution in [-0.2, 0) is 31.9 Å². The van der Waals surface area contributed by atoms with E-state index in [1.807, 2.05) is 88.4 Å². The van der Waals surface area contributed by atoms with Crippen molar-refractivity contribution in [2.45, 2.75) is 52.6 Å². The van der Waals surface area contributed by atoms with Gasteiger partial charge in [-0.05, 0) is 112 Å². The normalized spacial score (nSPS) is 13.6. The third-order valence-electron chi connectivity index (χ3n) is 16.1. The summed E-state index contributed by atoms with van der Waals surface area (Å²) in [5.41, 5.74) is 5.15. The van der Waals surface area contributed by atoms with Crippen LogP contribution in [0.5, 0.6) is 46.0 Å². The number of hydrogen-bond donors (Lipinski definition) is 0. The van der Waals surface area contributed by atoms with E-state index in [1.54, 1.807) is 121 Å². The Morgan fingerprint density at radius 1 is 0.337 bits per heavy atom. The standard InChI is InChI=1S/C72H54N2O12/c1-39-17-25-45(26-18-39)83-55-35-49-59-50(68(76)73(67(49)75)53(71(79)81-5)33-43-13-9-7-10-14-43)37-57(85-47-29-21-41(3)22-30-47)63-64-58(86-48-31-23-42(4)24-32-48)38-52-60-51(69(77)74(70(52)78)54(72(80)82-6)34-44-15-11-8-12-16-44)36-56(62(66(60)64)61(55)65(59)63)84-46-27-19-40(2)20-28-46/h7-32,35-38,53-54H,33-34H2,1-6H3/t53-,54-/m0/s1. The molecule has 0 unspecified atom stereocenters. The first kappa shape index (κ1) is 54.4. The monoisotopic (exact) mass is 1140 g/mol. The van der Waals surface area contributed by atoms with Gasteiger partial charge in [0.1, 0.15) is 58.1 Å². The van der Waals surface area contributed by atoms with Gasteiger partial charge >= 0.3 is 11.9 Å². The van der Waals surface area contributed by atoms with E-state index in [9.17, 15) is 9.59 Å². The summed E-state index contributed by atoms with van der Waals surface area (Å²) >= 11 is 0. The average Bonchev–Trinajstić information content (AvgIpc) is 0.709. The van der Waals surface area contributed by atoms with Crippen molar-refractivity contribution in [3.05, 3.63) is 238 Å². The number of rotatable bonds is 16. The fourth-order valence-corrected chi connectivity index (χ4v) is 11.9. The van der Waals surface area contributed by atoms with Gasteiger partial charge in [-0.25, -0.2) is 9.59 Å². The molecule has 0 saturated heterocycles. The van der Waals surface area contributed by atoms with Crippen molar-refractivity contribution in [2.75, 3.05) is 14.2 Å². The molecular weight excluding hydrogens is 1080 g/mol. The number of hydrogen-bond acceptors (Lipinski definition) is 12. The SMILES string of the molecule is COC(=O)[C@H](Cc1ccccc1)N1C(=O)c2cc(Oc3ccc(C)cc3)c3c4c(Oc5ccc(C)cc5)cc5c6c(cc(Oc7ccc(C)cc7)c(c7c(Oc8ccc(C)cc8)cc(c2c37)C1=O)c64)C(=O)N([C@@H](Cc1ccccc1)C(=O)OC)C5=O. The van der Waals surface area contributed by atoms with E-state index < -0.39 is 47.7 Å². The maximum atomic E-state index is 15.9. The van der Waals surface area contributed by atoms with Gasteiger partial charge in [0, 0.05) is 55.9 Å². The molecule has 2 aliphatic heterocycles. The van der Waals surface area contributed by atoms with E-state index >= 15 is 19.2 Å². The number of fused-ring (bicyclic) bond motifs is 2. The first-order valence-corrected chi connectivity index (χ1v) is 28.0. The minimum absolute atomic E-state index is 0.00915. The highest BCUT2D eigenvalue weighted by atomic mass is 16.5. The van der Waals surface area contributed by atoms with Gasteiger partial charge < -0.3 is 28.4 Å². The molecule has 86 heavy (non-hydrogen) atoms. The van der Waals surface area contributed by atoms with Gasteiger partial charge in [0.15, 0.2) is 0 Å². The lowest BCUT2D eigenvalue weighted by Gasteiger charge is -2.35. The molecule has 2 aliphatic rings. The maximum absolute atomic E-state index is 15.9. The molecule has 0 fully saturated rings. The molecule has 4 amide bonds. The summed E-state index contributed by atoms with van der Waals surface area (Å²) in [6, 6.07) is 50.8. The lowest BCUT2D eigenvalue weighted by Crippen LogP contribution is -2.52. The van der Waals surface area contributed by atoms with Crippen molar-refractivity contribution < 1.29 is 57.2 Å². The molecule has 0 bridgehead atoms. The number of carbonyl (C=O) groups is 6. The van der Waals surface area contributed by atoms with Crippen molar-refractivity contribution >= 4 is 78.7 Å². The Kier molecular flexibility index (Phi) is 13.7. The Hall–Kier alpha value is -10.9. The summed E-state index contributed by atoms with van der Waals surface area (Å²) in [7, 11) is 2.42. The highest BCUT2D eigenvalue weighted by Crippen LogP contribution is 2.58. The first-order valence-electron chi connectivity index (χ1n) is 28.0. The fraction of sp³-hybridized carbons (Fsp3) is 0.139. The molecule has 0 saturated carbocycles. The molecule has 424 valence electrons. The van der Waals surface area contributed by atoms with E-state index in [4.69, 9.17) is 28.4 Å². The molecule has 0 spiro atoms. The van der Waals surface area contributed by atoms with Gasteiger partial charge in [-0.3, -0.25) is 29.0 Å². The van der Waals surface area contributed by atoms with Crippen LogP contribution in [-0.4, -0.2) is 71.7 Å². The smallest absolute Gasteiger partial charge is 0.329 e. The molecule has 13 rings (SSSR count). The van der Waals surface area contributed by atoms with Crippen molar-refractivity contribution in [1.29, 1.82) is 0 Å². The van der Waals surface area contributed by atoms with E-state index in [1.165, 1.54) is 14.2 Å².